The quantitative estimate of drug-likeness (QED) is 0.703. The summed E-state index contributed by atoms with van der Waals surface area (Å²) in [5.41, 5.74) is 0. The monoisotopic (exact) mass is 208 g/mol. The molecular formula is C12H20N2O. The van der Waals surface area contributed by atoms with Gasteiger partial charge in [0.05, 0.1) is 12.9 Å². The fraction of sp³-hybridized carbons (Fsp3) is 0.667. The minimum atomic E-state index is 0.494. The van der Waals surface area contributed by atoms with E-state index in [1.54, 1.807) is 7.11 Å². The molecule has 3 nitrogen and oxygen atoms in total. The Bertz CT molecular complexity index is 273. The van der Waals surface area contributed by atoms with Crippen LogP contribution in [-0.2, 0) is 4.74 Å². The number of piperidine rings is 1. The second-order valence-corrected chi connectivity index (χ2v) is 4.39. The highest BCUT2D eigenvalue weighted by Crippen LogP contribution is 2.29. The molecule has 1 aliphatic heterocycles. The van der Waals surface area contributed by atoms with Crippen molar-refractivity contribution in [3.63, 3.8) is 0 Å². The van der Waals surface area contributed by atoms with Gasteiger partial charge in [0.15, 0.2) is 0 Å². The molecule has 0 saturated carbocycles. The van der Waals surface area contributed by atoms with Crippen molar-refractivity contribution < 1.29 is 4.74 Å². The summed E-state index contributed by atoms with van der Waals surface area (Å²) in [4.78, 5) is 0. The smallest absolute Gasteiger partial charge is 0.0961 e. The molecule has 0 aromatic heterocycles. The highest BCUT2D eigenvalue weighted by atomic mass is 16.5. The third-order valence-corrected chi connectivity index (χ3v) is 3.43. The molecule has 1 fully saturated rings. The van der Waals surface area contributed by atoms with E-state index in [1.807, 2.05) is 11.1 Å². The van der Waals surface area contributed by atoms with Crippen molar-refractivity contribution in [3.05, 3.63) is 24.0 Å². The fourth-order valence-corrected chi connectivity index (χ4v) is 2.53. The second kappa shape index (κ2) is 4.81. The van der Waals surface area contributed by atoms with Crippen molar-refractivity contribution in [2.45, 2.75) is 31.7 Å². The molecule has 2 aliphatic rings. The second-order valence-electron chi connectivity index (χ2n) is 4.39. The van der Waals surface area contributed by atoms with Crippen LogP contribution in [0.2, 0.25) is 0 Å². The number of nitrogens with zero attached hydrogens (tertiary/aromatic N) is 1. The van der Waals surface area contributed by atoms with Gasteiger partial charge in [-0.05, 0) is 18.9 Å². The van der Waals surface area contributed by atoms with Crippen LogP contribution in [0.1, 0.15) is 25.7 Å². The van der Waals surface area contributed by atoms with E-state index < -0.39 is 0 Å². The van der Waals surface area contributed by atoms with E-state index in [-0.39, 0.29) is 0 Å². The van der Waals surface area contributed by atoms with Gasteiger partial charge in [-0.3, -0.25) is 5.84 Å². The fourth-order valence-electron chi connectivity index (χ4n) is 2.53. The molecule has 0 radical (unpaired) electrons. The van der Waals surface area contributed by atoms with Gasteiger partial charge >= 0.3 is 0 Å². The number of hydrazine groups is 1. The van der Waals surface area contributed by atoms with Crippen molar-refractivity contribution in [2.75, 3.05) is 13.7 Å². The minimum absolute atomic E-state index is 0.494. The number of nitrogens with two attached hydrogens (primary N) is 1. The maximum atomic E-state index is 6.04. The Morgan fingerprint density at radius 1 is 1.47 bits per heavy atom. The van der Waals surface area contributed by atoms with Crippen LogP contribution in [0.15, 0.2) is 24.0 Å². The molecule has 2 rings (SSSR count). The number of rotatable bonds is 2. The summed E-state index contributed by atoms with van der Waals surface area (Å²) in [6.07, 6.45) is 11.1. The summed E-state index contributed by atoms with van der Waals surface area (Å²) in [5, 5.41) is 2.01. The lowest BCUT2D eigenvalue weighted by atomic mass is 9.86. The molecule has 1 aliphatic carbocycles. The topological polar surface area (TPSA) is 38.5 Å². The molecular weight excluding hydrogens is 188 g/mol. The van der Waals surface area contributed by atoms with Crippen molar-refractivity contribution >= 4 is 0 Å². The van der Waals surface area contributed by atoms with Crippen molar-refractivity contribution in [1.29, 1.82) is 0 Å². The van der Waals surface area contributed by atoms with E-state index in [9.17, 15) is 0 Å². The summed E-state index contributed by atoms with van der Waals surface area (Å²) in [7, 11) is 1.74. The van der Waals surface area contributed by atoms with Gasteiger partial charge < -0.3 is 4.74 Å². The number of hydrogen-bond donors (Lipinski definition) is 1. The van der Waals surface area contributed by atoms with Gasteiger partial charge in [-0.2, -0.15) is 0 Å². The Kier molecular flexibility index (Phi) is 3.44. The number of allylic oxidation sites excluding steroid dienone is 3. The van der Waals surface area contributed by atoms with Crippen LogP contribution in [0.5, 0.6) is 0 Å². The summed E-state index contributed by atoms with van der Waals surface area (Å²) < 4.78 is 5.30. The molecule has 2 atom stereocenters. The largest absolute Gasteiger partial charge is 0.501 e. The van der Waals surface area contributed by atoms with E-state index in [2.05, 4.69) is 12.2 Å². The zero-order valence-electron chi connectivity index (χ0n) is 9.36. The van der Waals surface area contributed by atoms with Crippen LogP contribution in [0.3, 0.4) is 0 Å². The van der Waals surface area contributed by atoms with Gasteiger partial charge in [0, 0.05) is 24.9 Å². The molecule has 2 N–H and O–H groups in total. The standard InChI is InChI=1S/C12H20N2O/c1-15-11-6-4-5-10(9-11)12-7-2-3-8-14(12)13/h4-6,10,12H,2-3,7-9,13H2,1H3. The highest BCUT2D eigenvalue weighted by Gasteiger charge is 2.28. The Labute approximate surface area is 91.5 Å². The first-order chi connectivity index (χ1) is 7.31. The lowest BCUT2D eigenvalue weighted by molar-refractivity contribution is 0.109. The van der Waals surface area contributed by atoms with Crippen LogP contribution >= 0.6 is 0 Å². The highest BCUT2D eigenvalue weighted by molar-refractivity contribution is 5.17. The SMILES string of the molecule is COC1=CC=CC(C2CCCCN2N)C1. The molecule has 0 bridgehead atoms. The maximum Gasteiger partial charge on any atom is 0.0961 e. The van der Waals surface area contributed by atoms with Crippen molar-refractivity contribution in [2.24, 2.45) is 11.8 Å². The molecule has 1 saturated heterocycles. The molecule has 2 unspecified atom stereocenters. The van der Waals surface area contributed by atoms with Crippen molar-refractivity contribution in [1.82, 2.24) is 5.01 Å². The van der Waals surface area contributed by atoms with Crippen LogP contribution in [0.4, 0.5) is 0 Å². The third kappa shape index (κ3) is 2.41. The van der Waals surface area contributed by atoms with Crippen LogP contribution in [-0.4, -0.2) is 24.7 Å². The van der Waals surface area contributed by atoms with E-state index in [1.165, 1.54) is 19.3 Å². The van der Waals surface area contributed by atoms with Crippen molar-refractivity contribution in [3.8, 4) is 0 Å². The number of methoxy groups -OCH3 is 1. The predicted octanol–water partition coefficient (Wildman–Crippen LogP) is 1.82. The third-order valence-electron chi connectivity index (χ3n) is 3.43. The summed E-state index contributed by atoms with van der Waals surface area (Å²) in [6.45, 7) is 1.03. The Morgan fingerprint density at radius 3 is 3.07 bits per heavy atom. The molecule has 3 heteroatoms. The van der Waals surface area contributed by atoms with Gasteiger partial charge in [-0.15, -0.1) is 0 Å². The maximum absolute atomic E-state index is 6.04. The van der Waals surface area contributed by atoms with Crippen LogP contribution < -0.4 is 5.84 Å². The average Bonchev–Trinajstić information content (AvgIpc) is 2.30. The Hall–Kier alpha value is -0.800. The van der Waals surface area contributed by atoms with Gasteiger partial charge in [-0.25, -0.2) is 5.01 Å². The lowest BCUT2D eigenvalue weighted by Crippen LogP contribution is -2.48. The predicted molar refractivity (Wildman–Crippen MR) is 60.9 cm³/mol. The summed E-state index contributed by atoms with van der Waals surface area (Å²) in [6, 6.07) is 0.494. The van der Waals surface area contributed by atoms with Gasteiger partial charge in [0.1, 0.15) is 0 Å². The molecule has 0 amide bonds. The summed E-state index contributed by atoms with van der Waals surface area (Å²) in [5.74, 6) is 7.63. The van der Waals surface area contributed by atoms with Gasteiger partial charge in [0.25, 0.3) is 0 Å². The molecule has 1 heterocycles. The van der Waals surface area contributed by atoms with Crippen LogP contribution in [0, 0.1) is 5.92 Å². The Morgan fingerprint density at radius 2 is 2.33 bits per heavy atom. The average molecular weight is 208 g/mol. The minimum Gasteiger partial charge on any atom is -0.501 e. The van der Waals surface area contributed by atoms with Gasteiger partial charge in [-0.1, -0.05) is 18.6 Å². The molecule has 0 aromatic carbocycles. The van der Waals surface area contributed by atoms with Crippen LogP contribution in [0.25, 0.3) is 0 Å². The zero-order chi connectivity index (χ0) is 10.7. The first-order valence-electron chi connectivity index (χ1n) is 5.74. The first kappa shape index (κ1) is 10.7. The molecule has 15 heavy (non-hydrogen) atoms. The van der Waals surface area contributed by atoms with Gasteiger partial charge in [0.2, 0.25) is 0 Å². The van der Waals surface area contributed by atoms with E-state index >= 15 is 0 Å². The lowest BCUT2D eigenvalue weighted by Gasteiger charge is -2.37. The number of hydrogen-bond acceptors (Lipinski definition) is 3. The normalized spacial score (nSPS) is 32.5. The van der Waals surface area contributed by atoms with E-state index in [0.29, 0.717) is 12.0 Å². The molecule has 84 valence electrons. The zero-order valence-corrected chi connectivity index (χ0v) is 9.36. The number of ether oxygens (including phenoxy) is 1. The summed E-state index contributed by atoms with van der Waals surface area (Å²) >= 11 is 0. The van der Waals surface area contributed by atoms with E-state index in [0.717, 1.165) is 18.7 Å². The first-order valence-corrected chi connectivity index (χ1v) is 5.74. The Balaban J connectivity index is 1.99. The van der Waals surface area contributed by atoms with E-state index in [4.69, 9.17) is 10.6 Å². The molecule has 0 spiro atoms. The molecule has 0 aromatic rings.